The fourth-order valence-corrected chi connectivity index (χ4v) is 4.18. The summed E-state index contributed by atoms with van der Waals surface area (Å²) in [5.41, 5.74) is 1.47. The van der Waals surface area contributed by atoms with Crippen LogP contribution < -0.4 is 4.74 Å². The highest BCUT2D eigenvalue weighted by molar-refractivity contribution is 7.10. The van der Waals surface area contributed by atoms with Gasteiger partial charge in [0.15, 0.2) is 0 Å². The maximum absolute atomic E-state index is 12.8. The SMILES string of the molecule is CCCCN1C(=O)C(=O)/C(=C(\O)c2cc(C)ccc2OC)C1c1cccs1. The van der Waals surface area contributed by atoms with Crippen LogP contribution in [-0.4, -0.2) is 35.4 Å². The van der Waals surface area contributed by atoms with Gasteiger partial charge in [-0.1, -0.05) is 31.0 Å². The number of aliphatic hydroxyl groups is 1. The van der Waals surface area contributed by atoms with Gasteiger partial charge < -0.3 is 14.7 Å². The Bertz CT molecular complexity index is 886. The fourth-order valence-electron chi connectivity index (χ4n) is 3.33. The molecule has 1 atom stereocenters. The molecule has 0 radical (unpaired) electrons. The van der Waals surface area contributed by atoms with E-state index in [1.54, 1.807) is 17.0 Å². The van der Waals surface area contributed by atoms with E-state index < -0.39 is 17.7 Å². The van der Waals surface area contributed by atoms with Crippen LogP contribution in [0.4, 0.5) is 0 Å². The van der Waals surface area contributed by atoms with Crippen LogP contribution in [0.5, 0.6) is 5.75 Å². The Hall–Kier alpha value is -2.60. The lowest BCUT2D eigenvalue weighted by Crippen LogP contribution is -2.30. The summed E-state index contributed by atoms with van der Waals surface area (Å²) in [6.45, 7) is 4.41. The number of aliphatic hydroxyl groups excluding tert-OH is 1. The summed E-state index contributed by atoms with van der Waals surface area (Å²) in [4.78, 5) is 28.0. The molecule has 27 heavy (non-hydrogen) atoms. The second-order valence-corrected chi connectivity index (χ2v) is 7.54. The van der Waals surface area contributed by atoms with E-state index in [1.807, 2.05) is 37.4 Å². The van der Waals surface area contributed by atoms with Crippen LogP contribution in [-0.2, 0) is 9.59 Å². The third-order valence-electron chi connectivity index (χ3n) is 4.72. The number of benzene rings is 1. The molecule has 0 saturated carbocycles. The summed E-state index contributed by atoms with van der Waals surface area (Å²) >= 11 is 1.47. The normalized spacial score (nSPS) is 18.9. The maximum Gasteiger partial charge on any atom is 0.295 e. The summed E-state index contributed by atoms with van der Waals surface area (Å²) in [7, 11) is 1.51. The molecule has 1 unspecified atom stereocenters. The number of amides is 1. The lowest BCUT2D eigenvalue weighted by molar-refractivity contribution is -0.139. The number of carbonyl (C=O) groups is 2. The number of nitrogens with zero attached hydrogens (tertiary/aromatic N) is 1. The second kappa shape index (κ2) is 7.96. The molecule has 1 N–H and O–H groups in total. The van der Waals surface area contributed by atoms with Crippen LogP contribution in [0, 0.1) is 6.92 Å². The van der Waals surface area contributed by atoms with Crippen LogP contribution in [0.1, 0.15) is 41.8 Å². The zero-order valence-electron chi connectivity index (χ0n) is 15.7. The van der Waals surface area contributed by atoms with Crippen molar-refractivity contribution in [3.63, 3.8) is 0 Å². The molecule has 1 fully saturated rings. The maximum atomic E-state index is 12.8. The van der Waals surface area contributed by atoms with E-state index in [0.717, 1.165) is 23.3 Å². The minimum atomic E-state index is -0.648. The molecule has 6 heteroatoms. The summed E-state index contributed by atoms with van der Waals surface area (Å²) < 4.78 is 5.36. The Morgan fingerprint density at radius 3 is 2.70 bits per heavy atom. The molecular weight excluding hydrogens is 362 g/mol. The van der Waals surface area contributed by atoms with Crippen molar-refractivity contribution in [2.24, 2.45) is 0 Å². The van der Waals surface area contributed by atoms with E-state index in [0.29, 0.717) is 17.9 Å². The molecule has 1 saturated heterocycles. The number of ketones is 1. The molecular formula is C21H23NO4S. The first-order chi connectivity index (χ1) is 13.0. The van der Waals surface area contributed by atoms with Gasteiger partial charge in [-0.3, -0.25) is 9.59 Å². The first-order valence-electron chi connectivity index (χ1n) is 8.96. The minimum absolute atomic E-state index is 0.127. The first-order valence-corrected chi connectivity index (χ1v) is 9.84. The first kappa shape index (κ1) is 19.2. The predicted octanol–water partition coefficient (Wildman–Crippen LogP) is 4.29. The second-order valence-electron chi connectivity index (χ2n) is 6.57. The number of hydrogen-bond acceptors (Lipinski definition) is 5. The molecule has 1 aromatic carbocycles. The third-order valence-corrected chi connectivity index (χ3v) is 5.64. The molecule has 2 aromatic rings. The van der Waals surface area contributed by atoms with Crippen LogP contribution in [0.15, 0.2) is 41.3 Å². The number of carbonyl (C=O) groups excluding carboxylic acids is 2. The summed E-state index contributed by atoms with van der Waals surface area (Å²) in [6.07, 6.45) is 1.70. The van der Waals surface area contributed by atoms with E-state index in [-0.39, 0.29) is 11.3 Å². The summed E-state index contributed by atoms with van der Waals surface area (Å²) in [5.74, 6) is -0.935. The smallest absolute Gasteiger partial charge is 0.295 e. The van der Waals surface area contributed by atoms with Gasteiger partial charge in [0.2, 0.25) is 0 Å². The van der Waals surface area contributed by atoms with Crippen molar-refractivity contribution in [2.75, 3.05) is 13.7 Å². The standard InChI is InChI=1S/C21H23NO4S/c1-4-5-10-22-18(16-7-6-11-27-16)17(20(24)21(22)25)19(23)14-12-13(2)8-9-15(14)26-3/h6-9,11-12,18,23H,4-5,10H2,1-3H3/b19-17-. The average molecular weight is 385 g/mol. The Labute approximate surface area is 162 Å². The molecule has 0 aliphatic carbocycles. The molecule has 1 amide bonds. The Morgan fingerprint density at radius 1 is 1.30 bits per heavy atom. The number of methoxy groups -OCH3 is 1. The number of unbranched alkanes of at least 4 members (excludes halogenated alkanes) is 1. The molecule has 1 aliphatic heterocycles. The molecule has 1 aromatic heterocycles. The van der Waals surface area contributed by atoms with E-state index in [1.165, 1.54) is 18.4 Å². The van der Waals surface area contributed by atoms with Crippen molar-refractivity contribution < 1.29 is 19.4 Å². The minimum Gasteiger partial charge on any atom is -0.507 e. The lowest BCUT2D eigenvalue weighted by atomic mass is 9.98. The quantitative estimate of drug-likeness (QED) is 0.458. The number of thiophene rings is 1. The number of hydrogen-bond donors (Lipinski definition) is 1. The van der Waals surface area contributed by atoms with Crippen molar-refractivity contribution in [3.05, 3.63) is 57.3 Å². The molecule has 1 aliphatic rings. The largest absolute Gasteiger partial charge is 0.507 e. The Morgan fingerprint density at radius 2 is 2.07 bits per heavy atom. The lowest BCUT2D eigenvalue weighted by Gasteiger charge is -2.24. The highest BCUT2D eigenvalue weighted by Gasteiger charge is 2.46. The van der Waals surface area contributed by atoms with Gasteiger partial charge in [-0.25, -0.2) is 0 Å². The third kappa shape index (κ3) is 3.49. The fraction of sp³-hybridized carbons (Fsp3) is 0.333. The topological polar surface area (TPSA) is 66.8 Å². The monoisotopic (exact) mass is 385 g/mol. The van der Waals surface area contributed by atoms with Crippen molar-refractivity contribution in [1.29, 1.82) is 0 Å². The molecule has 0 spiro atoms. The number of ether oxygens (including phenoxy) is 1. The Balaban J connectivity index is 2.19. The van der Waals surface area contributed by atoms with Crippen molar-refractivity contribution in [3.8, 4) is 5.75 Å². The molecule has 5 nitrogen and oxygen atoms in total. The highest BCUT2D eigenvalue weighted by atomic mass is 32.1. The molecule has 142 valence electrons. The van der Waals surface area contributed by atoms with Crippen LogP contribution in [0.25, 0.3) is 5.76 Å². The predicted molar refractivity (Wildman–Crippen MR) is 106 cm³/mol. The van der Waals surface area contributed by atoms with E-state index in [9.17, 15) is 14.7 Å². The van der Waals surface area contributed by atoms with Gasteiger partial charge in [0.05, 0.1) is 24.3 Å². The highest BCUT2D eigenvalue weighted by Crippen LogP contribution is 2.42. The van der Waals surface area contributed by atoms with E-state index in [2.05, 4.69) is 0 Å². The average Bonchev–Trinajstić information content (AvgIpc) is 3.27. The number of likely N-dealkylation sites (tertiary alicyclic amines) is 1. The summed E-state index contributed by atoms with van der Waals surface area (Å²) in [5, 5.41) is 13.0. The number of Topliss-reactive ketones (excluding diaryl/α,β-unsaturated/α-hetero) is 1. The van der Waals surface area contributed by atoms with Gasteiger partial charge in [0.1, 0.15) is 11.5 Å². The van der Waals surface area contributed by atoms with E-state index in [4.69, 9.17) is 4.74 Å². The van der Waals surface area contributed by atoms with E-state index >= 15 is 0 Å². The molecule has 3 rings (SSSR count). The van der Waals surface area contributed by atoms with Gasteiger partial charge in [0.25, 0.3) is 11.7 Å². The van der Waals surface area contributed by atoms with Crippen molar-refractivity contribution >= 4 is 28.8 Å². The molecule has 2 heterocycles. The summed E-state index contributed by atoms with van der Waals surface area (Å²) in [6, 6.07) is 8.58. The van der Waals surface area contributed by atoms with Gasteiger partial charge >= 0.3 is 0 Å². The van der Waals surface area contributed by atoms with Gasteiger partial charge in [-0.15, -0.1) is 11.3 Å². The zero-order valence-corrected chi connectivity index (χ0v) is 16.5. The van der Waals surface area contributed by atoms with Crippen molar-refractivity contribution in [2.45, 2.75) is 32.7 Å². The number of rotatable bonds is 6. The van der Waals surface area contributed by atoms with Crippen LogP contribution in [0.2, 0.25) is 0 Å². The van der Waals surface area contributed by atoms with Crippen molar-refractivity contribution in [1.82, 2.24) is 4.90 Å². The van der Waals surface area contributed by atoms with Gasteiger partial charge in [-0.05, 0) is 36.9 Å². The van der Waals surface area contributed by atoms with Crippen LogP contribution in [0.3, 0.4) is 0 Å². The van der Waals surface area contributed by atoms with Crippen LogP contribution >= 0.6 is 11.3 Å². The van der Waals surface area contributed by atoms with Gasteiger partial charge in [0, 0.05) is 11.4 Å². The zero-order chi connectivity index (χ0) is 19.6. The Kier molecular flexibility index (Phi) is 5.65. The number of aryl methyl sites for hydroxylation is 1. The molecule has 0 bridgehead atoms. The van der Waals surface area contributed by atoms with Gasteiger partial charge in [-0.2, -0.15) is 0 Å².